The summed E-state index contributed by atoms with van der Waals surface area (Å²) in [6, 6.07) is -2.61. The third kappa shape index (κ3) is 11.3. The van der Waals surface area contributed by atoms with E-state index in [1.807, 2.05) is 19.4 Å². The Morgan fingerprint density at radius 3 is 2.10 bits per heavy atom. The van der Waals surface area contributed by atoms with Crippen molar-refractivity contribution in [3.63, 3.8) is 0 Å². The van der Waals surface area contributed by atoms with E-state index < -0.39 is 41.8 Å². The molecule has 6 N–H and O–H groups in total. The second kappa shape index (κ2) is 15.4. The number of thioether (sulfide) groups is 2. The lowest BCUT2D eigenvalue weighted by atomic mass is 9.99. The largest absolute Gasteiger partial charge is 0.480 e. The lowest BCUT2D eigenvalue weighted by molar-refractivity contribution is -0.143. The van der Waals surface area contributed by atoms with Crippen molar-refractivity contribution >= 4 is 47.2 Å². The second-order valence-corrected chi connectivity index (χ2v) is 8.69. The average molecular weight is 451 g/mol. The van der Waals surface area contributed by atoms with Crippen molar-refractivity contribution in [2.75, 3.05) is 30.6 Å². The predicted molar refractivity (Wildman–Crippen MR) is 118 cm³/mol. The van der Waals surface area contributed by atoms with Gasteiger partial charge in [-0.25, -0.2) is 4.79 Å². The average Bonchev–Trinajstić information content (AvgIpc) is 2.70. The van der Waals surface area contributed by atoms with Gasteiger partial charge in [-0.05, 0) is 42.8 Å². The number of carbonyl (C=O) groups is 4. The number of carboxylic acids is 1. The Morgan fingerprint density at radius 1 is 1.00 bits per heavy atom. The Balaban J connectivity index is 4.84. The van der Waals surface area contributed by atoms with Gasteiger partial charge >= 0.3 is 5.97 Å². The summed E-state index contributed by atoms with van der Waals surface area (Å²) in [7, 11) is 0. The lowest BCUT2D eigenvalue weighted by Crippen LogP contribution is -2.55. The number of rotatable bonds is 15. The molecule has 0 saturated carbocycles. The fraction of sp³-hybridized carbons (Fsp3) is 0.778. The first-order chi connectivity index (χ1) is 13.7. The van der Waals surface area contributed by atoms with Gasteiger partial charge in [0.25, 0.3) is 0 Å². The molecule has 3 amide bonds. The van der Waals surface area contributed by atoms with Crippen LogP contribution in [0.1, 0.15) is 33.1 Å². The van der Waals surface area contributed by atoms with E-state index in [0.717, 1.165) is 5.75 Å². The van der Waals surface area contributed by atoms with Crippen LogP contribution in [0, 0.1) is 5.92 Å². The van der Waals surface area contributed by atoms with Crippen LogP contribution in [0.15, 0.2) is 0 Å². The molecule has 0 aliphatic carbocycles. The molecular formula is C18H34N4O5S2. The second-order valence-electron chi connectivity index (χ2n) is 6.72. The van der Waals surface area contributed by atoms with Crippen LogP contribution < -0.4 is 21.7 Å². The van der Waals surface area contributed by atoms with Crippen molar-refractivity contribution in [1.82, 2.24) is 16.0 Å². The van der Waals surface area contributed by atoms with Crippen LogP contribution in [0.4, 0.5) is 0 Å². The van der Waals surface area contributed by atoms with Crippen LogP contribution >= 0.6 is 23.5 Å². The van der Waals surface area contributed by atoms with Gasteiger partial charge in [-0.2, -0.15) is 23.5 Å². The van der Waals surface area contributed by atoms with Gasteiger partial charge in [0.1, 0.15) is 12.1 Å². The van der Waals surface area contributed by atoms with Gasteiger partial charge in [-0.15, -0.1) is 0 Å². The third-order valence-corrected chi connectivity index (χ3v) is 5.72. The smallest absolute Gasteiger partial charge is 0.326 e. The summed E-state index contributed by atoms with van der Waals surface area (Å²) in [5, 5.41) is 16.9. The molecule has 0 aliphatic heterocycles. The van der Waals surface area contributed by atoms with E-state index >= 15 is 0 Å². The maximum atomic E-state index is 12.6. The zero-order valence-electron chi connectivity index (χ0n) is 17.5. The standard InChI is InChI=1S/C18H34N4O5S2/c1-5-11(2)15(18(26)27)22-17(25)13(7-9-29-4)21-14(23)10-20-16(24)12(19)6-8-28-3/h11-13,15H,5-10,19H2,1-4H3,(H,20,24)(H,21,23)(H,22,25)(H,26,27)/t11-,12-,13-,15-/m0/s1. The van der Waals surface area contributed by atoms with Gasteiger partial charge in [0.05, 0.1) is 12.6 Å². The van der Waals surface area contributed by atoms with Crippen LogP contribution in [-0.4, -0.2) is 77.5 Å². The molecule has 0 aromatic heterocycles. The molecule has 0 saturated heterocycles. The number of carbonyl (C=O) groups excluding carboxylic acids is 3. The molecule has 0 radical (unpaired) electrons. The van der Waals surface area contributed by atoms with E-state index in [4.69, 9.17) is 5.73 Å². The zero-order chi connectivity index (χ0) is 22.4. The Bertz CT molecular complexity index is 550. The molecule has 29 heavy (non-hydrogen) atoms. The van der Waals surface area contributed by atoms with Crippen molar-refractivity contribution in [2.24, 2.45) is 11.7 Å². The highest BCUT2D eigenvalue weighted by atomic mass is 32.2. The number of carboxylic acid groups (broad SMARTS) is 1. The van der Waals surface area contributed by atoms with E-state index in [9.17, 15) is 24.3 Å². The normalized spacial score (nSPS) is 14.9. The van der Waals surface area contributed by atoms with Gasteiger partial charge < -0.3 is 26.8 Å². The fourth-order valence-corrected chi connectivity index (χ4v) is 3.32. The van der Waals surface area contributed by atoms with Crippen LogP contribution in [0.2, 0.25) is 0 Å². The van der Waals surface area contributed by atoms with Crippen molar-refractivity contribution < 1.29 is 24.3 Å². The van der Waals surface area contributed by atoms with Crippen molar-refractivity contribution in [2.45, 2.75) is 51.2 Å². The van der Waals surface area contributed by atoms with Crippen molar-refractivity contribution in [3.8, 4) is 0 Å². The summed E-state index contributed by atoms with van der Waals surface area (Å²) in [4.78, 5) is 48.1. The summed E-state index contributed by atoms with van der Waals surface area (Å²) in [5.74, 6) is -1.55. The zero-order valence-corrected chi connectivity index (χ0v) is 19.2. The highest BCUT2D eigenvalue weighted by Crippen LogP contribution is 2.09. The maximum Gasteiger partial charge on any atom is 0.326 e. The molecule has 4 atom stereocenters. The summed E-state index contributed by atoms with van der Waals surface area (Å²) in [5.41, 5.74) is 5.75. The Morgan fingerprint density at radius 2 is 1.59 bits per heavy atom. The summed E-state index contributed by atoms with van der Waals surface area (Å²) >= 11 is 3.08. The highest BCUT2D eigenvalue weighted by Gasteiger charge is 2.29. The quantitative estimate of drug-likeness (QED) is 0.235. The van der Waals surface area contributed by atoms with Gasteiger partial charge in [0, 0.05) is 0 Å². The number of nitrogens with two attached hydrogens (primary N) is 1. The molecule has 9 nitrogen and oxygen atoms in total. The first kappa shape index (κ1) is 27.5. The van der Waals surface area contributed by atoms with Crippen LogP contribution in [0.5, 0.6) is 0 Å². The van der Waals surface area contributed by atoms with Gasteiger partial charge in [-0.3, -0.25) is 14.4 Å². The summed E-state index contributed by atoms with van der Waals surface area (Å²) < 4.78 is 0. The molecule has 0 aromatic rings. The van der Waals surface area contributed by atoms with Gasteiger partial charge in [-0.1, -0.05) is 20.3 Å². The minimum Gasteiger partial charge on any atom is -0.480 e. The molecule has 0 aliphatic rings. The summed E-state index contributed by atoms with van der Waals surface area (Å²) in [6.07, 6.45) is 5.20. The highest BCUT2D eigenvalue weighted by molar-refractivity contribution is 7.98. The number of hydrogen-bond donors (Lipinski definition) is 5. The summed E-state index contributed by atoms with van der Waals surface area (Å²) in [6.45, 7) is 3.28. The Labute approximate surface area is 181 Å². The number of nitrogens with one attached hydrogen (secondary N) is 3. The molecule has 168 valence electrons. The predicted octanol–water partition coefficient (Wildman–Crippen LogP) is 0.0364. The van der Waals surface area contributed by atoms with Crippen molar-refractivity contribution in [3.05, 3.63) is 0 Å². The van der Waals surface area contributed by atoms with Gasteiger partial charge in [0.2, 0.25) is 17.7 Å². The van der Waals surface area contributed by atoms with E-state index in [0.29, 0.717) is 25.0 Å². The lowest BCUT2D eigenvalue weighted by Gasteiger charge is -2.24. The Hall–Kier alpha value is -1.46. The van der Waals surface area contributed by atoms with Crippen molar-refractivity contribution in [1.29, 1.82) is 0 Å². The van der Waals surface area contributed by atoms with E-state index in [2.05, 4.69) is 16.0 Å². The number of amides is 3. The van der Waals surface area contributed by atoms with E-state index in [1.165, 1.54) is 11.8 Å². The molecule has 0 rings (SSSR count). The first-order valence-corrected chi connectivity index (χ1v) is 12.3. The van der Waals surface area contributed by atoms with Crippen LogP contribution in [0.25, 0.3) is 0 Å². The first-order valence-electron chi connectivity index (χ1n) is 9.51. The number of hydrogen-bond acceptors (Lipinski definition) is 7. The van der Waals surface area contributed by atoms with E-state index in [1.54, 1.807) is 18.7 Å². The Kier molecular flexibility index (Phi) is 14.6. The molecule has 0 bridgehead atoms. The molecule has 0 fully saturated rings. The molecular weight excluding hydrogens is 416 g/mol. The fourth-order valence-electron chi connectivity index (χ4n) is 2.36. The van der Waals surface area contributed by atoms with E-state index in [-0.39, 0.29) is 12.5 Å². The molecule has 0 heterocycles. The minimum absolute atomic E-state index is 0.254. The van der Waals surface area contributed by atoms with Crippen LogP contribution in [-0.2, 0) is 19.2 Å². The topological polar surface area (TPSA) is 151 Å². The van der Waals surface area contributed by atoms with Crippen LogP contribution in [0.3, 0.4) is 0 Å². The number of aliphatic carboxylic acids is 1. The maximum absolute atomic E-state index is 12.6. The SMILES string of the molecule is CC[C@H](C)[C@H](NC(=O)[C@H](CCSC)NC(=O)CNC(=O)[C@@H](N)CCSC)C(=O)O. The third-order valence-electron chi connectivity index (χ3n) is 4.43. The molecule has 0 spiro atoms. The monoisotopic (exact) mass is 450 g/mol. The van der Waals surface area contributed by atoms with Gasteiger partial charge in [0.15, 0.2) is 0 Å². The molecule has 0 aromatic carbocycles. The minimum atomic E-state index is -1.12. The molecule has 11 heteroatoms. The molecule has 0 unspecified atom stereocenters.